The number of hydrogen-bond acceptors (Lipinski definition) is 2. The number of aryl methyl sites for hydroxylation is 2. The van der Waals surface area contributed by atoms with Crippen LogP contribution in [0, 0.1) is 0 Å². The van der Waals surface area contributed by atoms with Crippen molar-refractivity contribution in [2.45, 2.75) is 26.7 Å². The molecule has 0 aliphatic carbocycles. The van der Waals surface area contributed by atoms with Gasteiger partial charge in [0.1, 0.15) is 0 Å². The molecule has 0 atom stereocenters. The Morgan fingerprint density at radius 1 is 1.17 bits per heavy atom. The minimum absolute atomic E-state index is 0.990. The van der Waals surface area contributed by atoms with Gasteiger partial charge in [-0.3, -0.25) is 5.84 Å². The summed E-state index contributed by atoms with van der Waals surface area (Å²) in [6.07, 6.45) is 2.16. The molecule has 0 bridgehead atoms. The van der Waals surface area contributed by atoms with Gasteiger partial charge in [-0.25, -0.2) is 0 Å². The molecular formula is C10H16N2. The van der Waals surface area contributed by atoms with Crippen LogP contribution in [-0.4, -0.2) is 0 Å². The van der Waals surface area contributed by atoms with Crippen molar-refractivity contribution < 1.29 is 0 Å². The van der Waals surface area contributed by atoms with Gasteiger partial charge in [-0.05, 0) is 36.1 Å². The van der Waals surface area contributed by atoms with E-state index in [1.165, 1.54) is 11.1 Å². The molecule has 0 fully saturated rings. The number of nitrogens with two attached hydrogens (primary N) is 1. The zero-order chi connectivity index (χ0) is 8.97. The van der Waals surface area contributed by atoms with Gasteiger partial charge in [-0.2, -0.15) is 0 Å². The van der Waals surface area contributed by atoms with E-state index >= 15 is 0 Å². The SMILES string of the molecule is CCc1ccc(NN)cc1CC. The van der Waals surface area contributed by atoms with Gasteiger partial charge in [0, 0.05) is 5.69 Å². The summed E-state index contributed by atoms with van der Waals surface area (Å²) in [6, 6.07) is 6.25. The van der Waals surface area contributed by atoms with Crippen molar-refractivity contribution in [2.75, 3.05) is 5.43 Å². The number of nitrogen functional groups attached to an aromatic ring is 1. The summed E-state index contributed by atoms with van der Waals surface area (Å²) < 4.78 is 0. The molecule has 0 aromatic heterocycles. The van der Waals surface area contributed by atoms with E-state index in [4.69, 9.17) is 5.84 Å². The van der Waals surface area contributed by atoms with Gasteiger partial charge >= 0.3 is 0 Å². The highest BCUT2D eigenvalue weighted by Gasteiger charge is 1.98. The minimum Gasteiger partial charge on any atom is -0.324 e. The number of nitrogens with one attached hydrogen (secondary N) is 1. The summed E-state index contributed by atoms with van der Waals surface area (Å²) in [4.78, 5) is 0. The molecule has 0 aliphatic rings. The summed E-state index contributed by atoms with van der Waals surface area (Å²) in [6.45, 7) is 4.33. The summed E-state index contributed by atoms with van der Waals surface area (Å²) in [7, 11) is 0. The lowest BCUT2D eigenvalue weighted by Gasteiger charge is -2.07. The van der Waals surface area contributed by atoms with Crippen molar-refractivity contribution >= 4 is 5.69 Å². The number of hydrazine groups is 1. The van der Waals surface area contributed by atoms with Crippen LogP contribution in [0.5, 0.6) is 0 Å². The van der Waals surface area contributed by atoms with Gasteiger partial charge in [-0.1, -0.05) is 19.9 Å². The first-order valence-electron chi connectivity index (χ1n) is 4.40. The van der Waals surface area contributed by atoms with Crippen molar-refractivity contribution in [2.24, 2.45) is 5.84 Å². The highest BCUT2D eigenvalue weighted by Crippen LogP contribution is 2.16. The topological polar surface area (TPSA) is 38.0 Å². The summed E-state index contributed by atoms with van der Waals surface area (Å²) >= 11 is 0. The first kappa shape index (κ1) is 9.07. The molecule has 2 nitrogen and oxygen atoms in total. The quantitative estimate of drug-likeness (QED) is 0.530. The first-order chi connectivity index (χ1) is 5.81. The van der Waals surface area contributed by atoms with Crippen LogP contribution >= 0.6 is 0 Å². The third-order valence-electron chi connectivity index (χ3n) is 2.13. The number of hydrogen-bond donors (Lipinski definition) is 2. The Morgan fingerprint density at radius 2 is 1.83 bits per heavy atom. The zero-order valence-electron chi connectivity index (χ0n) is 7.72. The lowest BCUT2D eigenvalue weighted by molar-refractivity contribution is 1.04. The van der Waals surface area contributed by atoms with Crippen LogP contribution in [0.1, 0.15) is 25.0 Å². The lowest BCUT2D eigenvalue weighted by Crippen LogP contribution is -2.07. The summed E-state index contributed by atoms with van der Waals surface area (Å²) in [5, 5.41) is 0. The van der Waals surface area contributed by atoms with Crippen molar-refractivity contribution in [1.29, 1.82) is 0 Å². The molecule has 2 heteroatoms. The van der Waals surface area contributed by atoms with Gasteiger partial charge < -0.3 is 5.43 Å². The van der Waals surface area contributed by atoms with Gasteiger partial charge in [-0.15, -0.1) is 0 Å². The van der Waals surface area contributed by atoms with Crippen LogP contribution < -0.4 is 11.3 Å². The second kappa shape index (κ2) is 4.12. The molecule has 0 radical (unpaired) electrons. The molecule has 12 heavy (non-hydrogen) atoms. The van der Waals surface area contributed by atoms with Gasteiger partial charge in [0.05, 0.1) is 0 Å². The molecule has 3 N–H and O–H groups in total. The zero-order valence-corrected chi connectivity index (χ0v) is 7.72. The van der Waals surface area contributed by atoms with Crippen molar-refractivity contribution in [3.63, 3.8) is 0 Å². The Kier molecular flexibility index (Phi) is 3.11. The van der Waals surface area contributed by atoms with E-state index in [1.807, 2.05) is 6.07 Å². The Morgan fingerprint density at radius 3 is 2.33 bits per heavy atom. The normalized spacial score (nSPS) is 9.92. The molecule has 0 unspecified atom stereocenters. The second-order valence-electron chi connectivity index (χ2n) is 2.83. The molecular weight excluding hydrogens is 148 g/mol. The highest BCUT2D eigenvalue weighted by molar-refractivity contribution is 5.47. The largest absolute Gasteiger partial charge is 0.324 e. The summed E-state index contributed by atoms with van der Waals surface area (Å²) in [5.74, 6) is 5.31. The fraction of sp³-hybridized carbons (Fsp3) is 0.400. The number of rotatable bonds is 3. The van der Waals surface area contributed by atoms with Gasteiger partial charge in [0.15, 0.2) is 0 Å². The molecule has 1 aromatic rings. The standard InChI is InChI=1S/C10H16N2/c1-3-8-5-6-10(12-11)7-9(8)4-2/h5-7,12H,3-4,11H2,1-2H3. The highest BCUT2D eigenvalue weighted by atomic mass is 15.2. The fourth-order valence-corrected chi connectivity index (χ4v) is 1.39. The predicted octanol–water partition coefficient (Wildman–Crippen LogP) is 2.10. The van der Waals surface area contributed by atoms with Crippen LogP contribution in [0.2, 0.25) is 0 Å². The van der Waals surface area contributed by atoms with E-state index in [1.54, 1.807) is 0 Å². The van der Waals surface area contributed by atoms with E-state index in [-0.39, 0.29) is 0 Å². The van der Waals surface area contributed by atoms with Gasteiger partial charge in [0.2, 0.25) is 0 Å². The predicted molar refractivity (Wildman–Crippen MR) is 53.0 cm³/mol. The third-order valence-corrected chi connectivity index (χ3v) is 2.13. The van der Waals surface area contributed by atoms with Crippen molar-refractivity contribution in [1.82, 2.24) is 0 Å². The van der Waals surface area contributed by atoms with Crippen LogP contribution in [0.3, 0.4) is 0 Å². The Labute approximate surface area is 73.8 Å². The van der Waals surface area contributed by atoms with E-state index in [0.29, 0.717) is 0 Å². The lowest BCUT2D eigenvalue weighted by atomic mass is 10.0. The van der Waals surface area contributed by atoms with Crippen molar-refractivity contribution in [3.05, 3.63) is 29.3 Å². The molecule has 0 aliphatic heterocycles. The Hall–Kier alpha value is -1.02. The van der Waals surface area contributed by atoms with E-state index < -0.39 is 0 Å². The third kappa shape index (κ3) is 1.77. The van der Waals surface area contributed by atoms with E-state index in [0.717, 1.165) is 18.5 Å². The maximum Gasteiger partial charge on any atom is 0.0488 e. The monoisotopic (exact) mass is 164 g/mol. The molecule has 1 rings (SSSR count). The molecule has 66 valence electrons. The molecule has 0 saturated carbocycles. The molecule has 0 amide bonds. The molecule has 0 heterocycles. The molecule has 0 spiro atoms. The first-order valence-corrected chi connectivity index (χ1v) is 4.40. The maximum absolute atomic E-state index is 5.31. The number of benzene rings is 1. The second-order valence-corrected chi connectivity index (χ2v) is 2.83. The van der Waals surface area contributed by atoms with Gasteiger partial charge in [0.25, 0.3) is 0 Å². The molecule has 0 saturated heterocycles. The van der Waals surface area contributed by atoms with Crippen LogP contribution in [0.4, 0.5) is 5.69 Å². The van der Waals surface area contributed by atoms with E-state index in [9.17, 15) is 0 Å². The number of anilines is 1. The molecule has 1 aromatic carbocycles. The Balaban J connectivity index is 3.02. The average Bonchev–Trinajstić information content (AvgIpc) is 2.16. The van der Waals surface area contributed by atoms with E-state index in [2.05, 4.69) is 31.4 Å². The van der Waals surface area contributed by atoms with Crippen LogP contribution in [-0.2, 0) is 12.8 Å². The minimum atomic E-state index is 0.990. The smallest absolute Gasteiger partial charge is 0.0488 e. The maximum atomic E-state index is 5.31. The van der Waals surface area contributed by atoms with Crippen molar-refractivity contribution in [3.8, 4) is 0 Å². The van der Waals surface area contributed by atoms with Crippen LogP contribution in [0.15, 0.2) is 18.2 Å². The average molecular weight is 164 g/mol. The fourth-order valence-electron chi connectivity index (χ4n) is 1.39. The van der Waals surface area contributed by atoms with Crippen LogP contribution in [0.25, 0.3) is 0 Å². The summed E-state index contributed by atoms with van der Waals surface area (Å²) in [5.41, 5.74) is 6.44. The Bertz CT molecular complexity index is 256.